The summed E-state index contributed by atoms with van der Waals surface area (Å²) in [5.41, 5.74) is 2.58. The summed E-state index contributed by atoms with van der Waals surface area (Å²) in [6.07, 6.45) is 0.875. The predicted octanol–water partition coefficient (Wildman–Crippen LogP) is 3.39. The summed E-state index contributed by atoms with van der Waals surface area (Å²) in [6.45, 7) is 2.67. The standard InChI is InChI=1S/C21H23NO4/c1-3-26-20(23)14-19(15-7-5-4-6-8-15)22-12-11-16-13-17(25-2)9-10-18(16)21(22)24/h4-10,13,19H,3,11-12,14H2,1-2H3. The summed E-state index contributed by atoms with van der Waals surface area (Å²) in [4.78, 5) is 27.0. The zero-order valence-corrected chi connectivity index (χ0v) is 15.1. The molecule has 0 bridgehead atoms. The molecule has 3 rings (SSSR count). The summed E-state index contributed by atoms with van der Waals surface area (Å²) >= 11 is 0. The van der Waals surface area contributed by atoms with Gasteiger partial charge in [0.25, 0.3) is 5.91 Å². The molecule has 26 heavy (non-hydrogen) atoms. The van der Waals surface area contributed by atoms with E-state index < -0.39 is 0 Å². The Hall–Kier alpha value is -2.82. The Labute approximate surface area is 153 Å². The van der Waals surface area contributed by atoms with Crippen molar-refractivity contribution in [2.45, 2.75) is 25.8 Å². The number of amides is 1. The largest absolute Gasteiger partial charge is 0.497 e. The number of methoxy groups -OCH3 is 1. The van der Waals surface area contributed by atoms with Gasteiger partial charge in [-0.1, -0.05) is 30.3 Å². The van der Waals surface area contributed by atoms with E-state index in [1.54, 1.807) is 31.1 Å². The van der Waals surface area contributed by atoms with Gasteiger partial charge in [-0.15, -0.1) is 0 Å². The van der Waals surface area contributed by atoms with Crippen LogP contribution in [0.25, 0.3) is 0 Å². The van der Waals surface area contributed by atoms with Crippen LogP contribution >= 0.6 is 0 Å². The van der Waals surface area contributed by atoms with Crippen LogP contribution in [-0.2, 0) is 16.0 Å². The second kappa shape index (κ2) is 8.04. The molecule has 1 atom stereocenters. The molecule has 5 heteroatoms. The molecule has 2 aromatic rings. The zero-order valence-electron chi connectivity index (χ0n) is 15.1. The Bertz CT molecular complexity index is 788. The molecule has 0 saturated carbocycles. The van der Waals surface area contributed by atoms with Crippen LogP contribution in [0.3, 0.4) is 0 Å². The van der Waals surface area contributed by atoms with Gasteiger partial charge >= 0.3 is 5.97 Å². The minimum absolute atomic E-state index is 0.0629. The molecular formula is C21H23NO4. The van der Waals surface area contributed by atoms with Crippen molar-refractivity contribution in [3.8, 4) is 5.75 Å². The lowest BCUT2D eigenvalue weighted by Crippen LogP contribution is -2.41. The third kappa shape index (κ3) is 3.72. The average molecular weight is 353 g/mol. The zero-order chi connectivity index (χ0) is 18.5. The summed E-state index contributed by atoms with van der Waals surface area (Å²) in [6, 6.07) is 14.8. The first kappa shape index (κ1) is 18.0. The molecule has 0 radical (unpaired) electrons. The van der Waals surface area contributed by atoms with Gasteiger partial charge in [-0.25, -0.2) is 0 Å². The van der Waals surface area contributed by atoms with E-state index in [-0.39, 0.29) is 24.3 Å². The second-order valence-corrected chi connectivity index (χ2v) is 6.21. The molecule has 0 fully saturated rings. The predicted molar refractivity (Wildman–Crippen MR) is 98.2 cm³/mol. The Morgan fingerprint density at radius 2 is 1.96 bits per heavy atom. The molecule has 1 aliphatic rings. The van der Waals surface area contributed by atoms with Gasteiger partial charge in [-0.3, -0.25) is 9.59 Å². The van der Waals surface area contributed by atoms with Crippen molar-refractivity contribution in [1.29, 1.82) is 0 Å². The lowest BCUT2D eigenvalue weighted by molar-refractivity contribution is -0.144. The maximum atomic E-state index is 13.1. The number of benzene rings is 2. The Morgan fingerprint density at radius 1 is 1.19 bits per heavy atom. The van der Waals surface area contributed by atoms with E-state index in [9.17, 15) is 9.59 Å². The van der Waals surface area contributed by atoms with Crippen molar-refractivity contribution in [3.05, 3.63) is 65.2 Å². The second-order valence-electron chi connectivity index (χ2n) is 6.21. The van der Waals surface area contributed by atoms with Gasteiger partial charge in [0.05, 0.1) is 26.2 Å². The van der Waals surface area contributed by atoms with E-state index in [1.807, 2.05) is 36.4 Å². The number of ether oxygens (including phenoxy) is 2. The SMILES string of the molecule is CCOC(=O)CC(c1ccccc1)N1CCc2cc(OC)ccc2C1=O. The molecule has 1 unspecified atom stereocenters. The molecule has 1 aliphatic heterocycles. The molecular weight excluding hydrogens is 330 g/mol. The maximum absolute atomic E-state index is 13.1. The molecule has 0 aromatic heterocycles. The van der Waals surface area contributed by atoms with E-state index in [2.05, 4.69) is 0 Å². The van der Waals surface area contributed by atoms with Gasteiger partial charge in [0.2, 0.25) is 0 Å². The van der Waals surface area contributed by atoms with Crippen molar-refractivity contribution in [2.24, 2.45) is 0 Å². The topological polar surface area (TPSA) is 55.8 Å². The number of rotatable bonds is 6. The molecule has 0 aliphatic carbocycles. The van der Waals surface area contributed by atoms with Gasteiger partial charge in [0.1, 0.15) is 5.75 Å². The molecule has 0 saturated heterocycles. The molecule has 2 aromatic carbocycles. The third-order valence-electron chi connectivity index (χ3n) is 4.65. The summed E-state index contributed by atoms with van der Waals surface area (Å²) in [5, 5.41) is 0. The van der Waals surface area contributed by atoms with Gasteiger partial charge < -0.3 is 14.4 Å². The summed E-state index contributed by atoms with van der Waals surface area (Å²) in [7, 11) is 1.61. The lowest BCUT2D eigenvalue weighted by atomic mass is 9.94. The number of nitrogens with zero attached hydrogens (tertiary/aromatic N) is 1. The minimum Gasteiger partial charge on any atom is -0.497 e. The van der Waals surface area contributed by atoms with Crippen LogP contribution in [0.15, 0.2) is 48.5 Å². The van der Waals surface area contributed by atoms with E-state index >= 15 is 0 Å². The van der Waals surface area contributed by atoms with E-state index in [0.717, 1.165) is 23.3 Å². The quantitative estimate of drug-likeness (QED) is 0.747. The van der Waals surface area contributed by atoms with E-state index in [4.69, 9.17) is 9.47 Å². The van der Waals surface area contributed by atoms with Gasteiger partial charge in [-0.05, 0) is 42.7 Å². The fraction of sp³-hybridized carbons (Fsp3) is 0.333. The Morgan fingerprint density at radius 3 is 2.65 bits per heavy atom. The average Bonchev–Trinajstić information content (AvgIpc) is 2.67. The van der Waals surface area contributed by atoms with Crippen molar-refractivity contribution < 1.29 is 19.1 Å². The van der Waals surface area contributed by atoms with Gasteiger partial charge in [0, 0.05) is 12.1 Å². The minimum atomic E-state index is -0.335. The summed E-state index contributed by atoms with van der Waals surface area (Å²) < 4.78 is 10.4. The number of hydrogen-bond donors (Lipinski definition) is 0. The van der Waals surface area contributed by atoms with Crippen molar-refractivity contribution >= 4 is 11.9 Å². The van der Waals surface area contributed by atoms with Crippen LogP contribution in [0.4, 0.5) is 0 Å². The first-order valence-electron chi connectivity index (χ1n) is 8.82. The molecule has 1 heterocycles. The molecule has 136 valence electrons. The molecule has 0 N–H and O–H groups in total. The molecule has 5 nitrogen and oxygen atoms in total. The van der Waals surface area contributed by atoms with E-state index in [0.29, 0.717) is 18.7 Å². The summed E-state index contributed by atoms with van der Waals surface area (Å²) in [5.74, 6) is 0.387. The lowest BCUT2D eigenvalue weighted by Gasteiger charge is -2.35. The van der Waals surface area contributed by atoms with E-state index in [1.165, 1.54) is 0 Å². The highest BCUT2D eigenvalue weighted by Gasteiger charge is 2.32. The molecule has 1 amide bonds. The van der Waals surface area contributed by atoms with Crippen molar-refractivity contribution in [1.82, 2.24) is 4.90 Å². The highest BCUT2D eigenvalue weighted by molar-refractivity contribution is 5.97. The van der Waals surface area contributed by atoms with Crippen molar-refractivity contribution in [3.63, 3.8) is 0 Å². The highest BCUT2D eigenvalue weighted by atomic mass is 16.5. The van der Waals surface area contributed by atoms with Crippen LogP contribution in [0, 0.1) is 0 Å². The van der Waals surface area contributed by atoms with Crippen LogP contribution in [0.2, 0.25) is 0 Å². The number of hydrogen-bond acceptors (Lipinski definition) is 4. The smallest absolute Gasteiger partial charge is 0.308 e. The molecule has 0 spiro atoms. The maximum Gasteiger partial charge on any atom is 0.308 e. The monoisotopic (exact) mass is 353 g/mol. The van der Waals surface area contributed by atoms with Gasteiger partial charge in [0.15, 0.2) is 0 Å². The van der Waals surface area contributed by atoms with Gasteiger partial charge in [-0.2, -0.15) is 0 Å². The normalized spacial score (nSPS) is 14.5. The third-order valence-corrected chi connectivity index (χ3v) is 4.65. The fourth-order valence-corrected chi connectivity index (χ4v) is 3.37. The first-order chi connectivity index (χ1) is 12.6. The van der Waals surface area contributed by atoms with Crippen LogP contribution in [0.1, 0.15) is 40.9 Å². The Balaban J connectivity index is 1.91. The van der Waals surface area contributed by atoms with Crippen LogP contribution in [0.5, 0.6) is 5.75 Å². The van der Waals surface area contributed by atoms with Crippen molar-refractivity contribution in [2.75, 3.05) is 20.3 Å². The number of fused-ring (bicyclic) bond motifs is 1. The highest BCUT2D eigenvalue weighted by Crippen LogP contribution is 2.32. The number of carbonyl (C=O) groups excluding carboxylic acids is 2. The van der Waals surface area contributed by atoms with Crippen LogP contribution < -0.4 is 4.74 Å². The first-order valence-corrected chi connectivity index (χ1v) is 8.82. The number of carbonyl (C=O) groups is 2. The Kier molecular flexibility index (Phi) is 5.56. The van der Waals surface area contributed by atoms with Crippen LogP contribution in [-0.4, -0.2) is 37.0 Å². The fourth-order valence-electron chi connectivity index (χ4n) is 3.37. The number of esters is 1.